The maximum absolute atomic E-state index is 13.6. The summed E-state index contributed by atoms with van der Waals surface area (Å²) in [5.41, 5.74) is 6.31. The second-order valence-electron chi connectivity index (χ2n) is 12.6. The fourth-order valence-corrected chi connectivity index (χ4v) is 7.14. The number of hydrogen-bond acceptors (Lipinski definition) is 7. The van der Waals surface area contributed by atoms with E-state index in [1.165, 1.54) is 5.56 Å². The Kier molecular flexibility index (Phi) is 9.35. The zero-order chi connectivity index (χ0) is 32.4. The Morgan fingerprint density at radius 3 is 2.48 bits per heavy atom. The zero-order valence-corrected chi connectivity index (χ0v) is 27.3. The van der Waals surface area contributed by atoms with Gasteiger partial charge in [-0.3, -0.25) is 14.6 Å². The number of hydrogen-bond donors (Lipinski definition) is 0. The minimum atomic E-state index is -0.324. The van der Waals surface area contributed by atoms with Gasteiger partial charge < -0.3 is 24.3 Å². The van der Waals surface area contributed by atoms with Gasteiger partial charge in [0.25, 0.3) is 5.91 Å². The molecular formula is C36H44N4O6. The highest BCUT2D eigenvalue weighted by molar-refractivity contribution is 5.97. The highest BCUT2D eigenvalue weighted by Gasteiger charge is 2.35. The van der Waals surface area contributed by atoms with Crippen molar-refractivity contribution in [2.45, 2.75) is 78.2 Å². The van der Waals surface area contributed by atoms with Crippen molar-refractivity contribution in [3.63, 3.8) is 0 Å². The predicted octanol–water partition coefficient (Wildman–Crippen LogP) is 5.31. The average molecular weight is 629 g/mol. The van der Waals surface area contributed by atoms with Crippen LogP contribution in [0.15, 0.2) is 48.5 Å². The van der Waals surface area contributed by atoms with E-state index in [0.29, 0.717) is 56.0 Å². The molecule has 0 saturated carbocycles. The van der Waals surface area contributed by atoms with Crippen LogP contribution in [0.1, 0.15) is 71.0 Å². The first-order valence-corrected chi connectivity index (χ1v) is 16.4. The van der Waals surface area contributed by atoms with Crippen molar-refractivity contribution in [1.29, 1.82) is 0 Å². The van der Waals surface area contributed by atoms with E-state index >= 15 is 0 Å². The standard InChI is InChI=1S/C36H44N4O6/c1-5-32-31(24(2)20-25(3)40(32)43)22-37-16-14-28(15-17-37)46-29-10-11-30(34(21-29)44-4)35(41)38-18-12-27(13-19-38)39-33-9-7-6-8-26(33)23-45-36(39)42/h6-11,20-21,27-28H,5,12-19,22-23H2,1-4H3. The Morgan fingerprint density at radius 2 is 1.76 bits per heavy atom. The molecule has 4 heterocycles. The van der Waals surface area contributed by atoms with Crippen molar-refractivity contribution in [2.75, 3.05) is 38.2 Å². The Morgan fingerprint density at radius 1 is 1.02 bits per heavy atom. The average Bonchev–Trinajstić information content (AvgIpc) is 3.08. The van der Waals surface area contributed by atoms with Gasteiger partial charge in [0, 0.05) is 75.4 Å². The molecule has 3 aromatic rings. The minimum Gasteiger partial charge on any atom is -0.618 e. The number of likely N-dealkylation sites (tertiary alicyclic amines) is 2. The summed E-state index contributed by atoms with van der Waals surface area (Å²) < 4.78 is 18.5. The number of para-hydroxylation sites is 1. The van der Waals surface area contributed by atoms with E-state index in [4.69, 9.17) is 14.2 Å². The highest BCUT2D eigenvalue weighted by atomic mass is 16.6. The molecule has 2 aromatic carbocycles. The number of ether oxygens (including phenoxy) is 3. The lowest BCUT2D eigenvalue weighted by Gasteiger charge is -2.40. The van der Waals surface area contributed by atoms with E-state index in [1.54, 1.807) is 18.1 Å². The van der Waals surface area contributed by atoms with Crippen LogP contribution in [0.4, 0.5) is 10.5 Å². The third-order valence-electron chi connectivity index (χ3n) is 9.69. The van der Waals surface area contributed by atoms with Crippen LogP contribution >= 0.6 is 0 Å². The first-order valence-electron chi connectivity index (χ1n) is 16.4. The molecule has 2 amide bonds. The molecule has 2 saturated heterocycles. The summed E-state index contributed by atoms with van der Waals surface area (Å²) >= 11 is 0. The second-order valence-corrected chi connectivity index (χ2v) is 12.6. The molecule has 0 N–H and O–H groups in total. The predicted molar refractivity (Wildman–Crippen MR) is 174 cm³/mol. The van der Waals surface area contributed by atoms with Crippen LogP contribution in [0, 0.1) is 19.1 Å². The molecule has 0 unspecified atom stereocenters. The highest BCUT2D eigenvalue weighted by Crippen LogP contribution is 2.33. The fourth-order valence-electron chi connectivity index (χ4n) is 7.14. The zero-order valence-electron chi connectivity index (χ0n) is 27.3. The van der Waals surface area contributed by atoms with Gasteiger partial charge in [0.05, 0.1) is 18.4 Å². The number of methoxy groups -OCH3 is 1. The van der Waals surface area contributed by atoms with Crippen LogP contribution in [-0.4, -0.2) is 67.2 Å². The minimum absolute atomic E-state index is 0.0280. The number of aromatic nitrogens is 1. The van der Waals surface area contributed by atoms with Crippen molar-refractivity contribution in [2.24, 2.45) is 0 Å². The quantitative estimate of drug-likeness (QED) is 0.246. The molecule has 1 aromatic heterocycles. The van der Waals surface area contributed by atoms with E-state index in [1.807, 2.05) is 61.2 Å². The van der Waals surface area contributed by atoms with E-state index in [9.17, 15) is 14.8 Å². The molecule has 0 atom stereocenters. The van der Waals surface area contributed by atoms with Crippen molar-refractivity contribution in [1.82, 2.24) is 9.80 Å². The number of carbonyl (C=O) groups excluding carboxylic acids is 2. The lowest BCUT2D eigenvalue weighted by molar-refractivity contribution is -0.621. The normalized spacial score (nSPS) is 17.9. The topological polar surface area (TPSA) is 98.5 Å². The molecule has 6 rings (SSSR count). The number of anilines is 1. The van der Waals surface area contributed by atoms with Gasteiger partial charge in [0.15, 0.2) is 11.4 Å². The number of carbonyl (C=O) groups is 2. The van der Waals surface area contributed by atoms with Gasteiger partial charge >= 0.3 is 6.09 Å². The van der Waals surface area contributed by atoms with E-state index in [2.05, 4.69) is 11.8 Å². The molecule has 10 nitrogen and oxygen atoms in total. The van der Waals surface area contributed by atoms with Gasteiger partial charge in [-0.25, -0.2) is 4.79 Å². The summed E-state index contributed by atoms with van der Waals surface area (Å²) in [6.07, 6.45) is 3.52. The maximum atomic E-state index is 13.6. The second kappa shape index (κ2) is 13.6. The number of pyridine rings is 1. The van der Waals surface area contributed by atoms with Crippen LogP contribution < -0.4 is 19.1 Å². The lowest BCUT2D eigenvalue weighted by Crippen LogP contribution is -2.50. The Bertz CT molecular complexity index is 1590. The molecule has 0 radical (unpaired) electrons. The number of amides is 2. The molecule has 0 spiro atoms. The molecule has 2 fully saturated rings. The van der Waals surface area contributed by atoms with E-state index in [-0.39, 0.29) is 24.1 Å². The van der Waals surface area contributed by atoms with Crippen LogP contribution in [0.5, 0.6) is 11.5 Å². The monoisotopic (exact) mass is 628 g/mol. The smallest absolute Gasteiger partial charge is 0.414 e. The SMILES string of the molecule is CCc1c(CN2CCC(Oc3ccc(C(=O)N4CCC(N5C(=O)OCc6ccccc65)CC4)c(OC)c3)CC2)c(C)cc(C)[n+]1[O-]. The Balaban J connectivity index is 1.04. The fraction of sp³-hybridized carbons (Fsp3) is 0.472. The number of piperidine rings is 2. The van der Waals surface area contributed by atoms with Crippen molar-refractivity contribution >= 4 is 17.7 Å². The molecule has 10 heteroatoms. The number of cyclic esters (lactones) is 1. The summed E-state index contributed by atoms with van der Waals surface area (Å²) in [6.45, 7) is 9.87. The number of aryl methyl sites for hydroxylation is 2. The maximum Gasteiger partial charge on any atom is 0.414 e. The summed E-state index contributed by atoms with van der Waals surface area (Å²) in [6, 6.07) is 15.2. The first kappa shape index (κ1) is 31.7. The molecule has 3 aliphatic rings. The van der Waals surface area contributed by atoms with Gasteiger partial charge in [-0.1, -0.05) is 25.1 Å². The van der Waals surface area contributed by atoms with Crippen molar-refractivity contribution < 1.29 is 28.5 Å². The molecule has 244 valence electrons. The largest absolute Gasteiger partial charge is 0.618 e. The number of benzene rings is 2. The summed E-state index contributed by atoms with van der Waals surface area (Å²) in [5.74, 6) is 1.08. The van der Waals surface area contributed by atoms with Crippen LogP contribution in [-0.2, 0) is 24.3 Å². The van der Waals surface area contributed by atoms with Crippen LogP contribution in [0.2, 0.25) is 0 Å². The lowest BCUT2D eigenvalue weighted by atomic mass is 10.00. The molecule has 46 heavy (non-hydrogen) atoms. The molecular weight excluding hydrogens is 584 g/mol. The summed E-state index contributed by atoms with van der Waals surface area (Å²) in [4.78, 5) is 32.3. The Hall–Kier alpha value is -4.31. The van der Waals surface area contributed by atoms with Gasteiger partial charge in [0.2, 0.25) is 0 Å². The number of fused-ring (bicyclic) bond motifs is 1. The molecule has 3 aliphatic heterocycles. The third-order valence-corrected chi connectivity index (χ3v) is 9.69. The van der Waals surface area contributed by atoms with Crippen molar-refractivity contribution in [3.05, 3.63) is 87.4 Å². The van der Waals surface area contributed by atoms with E-state index < -0.39 is 0 Å². The Labute approximate surface area is 271 Å². The molecule has 0 aliphatic carbocycles. The number of nitrogens with zero attached hydrogens (tertiary/aromatic N) is 4. The summed E-state index contributed by atoms with van der Waals surface area (Å²) in [5, 5.41) is 12.6. The van der Waals surface area contributed by atoms with Gasteiger partial charge in [-0.15, -0.1) is 0 Å². The van der Waals surface area contributed by atoms with Gasteiger partial charge in [-0.2, -0.15) is 4.73 Å². The summed E-state index contributed by atoms with van der Waals surface area (Å²) in [7, 11) is 1.57. The van der Waals surface area contributed by atoms with Crippen LogP contribution in [0.25, 0.3) is 0 Å². The van der Waals surface area contributed by atoms with Crippen molar-refractivity contribution in [3.8, 4) is 11.5 Å². The third kappa shape index (κ3) is 6.35. The van der Waals surface area contributed by atoms with Crippen LogP contribution in [0.3, 0.4) is 0 Å². The molecule has 0 bridgehead atoms. The van der Waals surface area contributed by atoms with Gasteiger partial charge in [0.1, 0.15) is 24.2 Å². The first-order chi connectivity index (χ1) is 22.3. The van der Waals surface area contributed by atoms with Gasteiger partial charge in [-0.05, 0) is 56.4 Å². The van der Waals surface area contributed by atoms with E-state index in [0.717, 1.165) is 65.4 Å². The number of rotatable bonds is 8.